The van der Waals surface area contributed by atoms with Crippen molar-refractivity contribution in [2.45, 2.75) is 25.9 Å². The molecular formula is C25H30N2O5. The number of aromatic amines is 1. The van der Waals surface area contributed by atoms with Gasteiger partial charge in [-0.15, -0.1) is 0 Å². The van der Waals surface area contributed by atoms with Crippen LogP contribution in [0.3, 0.4) is 0 Å². The van der Waals surface area contributed by atoms with Crippen molar-refractivity contribution < 1.29 is 23.7 Å². The lowest BCUT2D eigenvalue weighted by atomic mass is 10.1. The molecule has 0 amide bonds. The largest absolute Gasteiger partial charge is 0.493 e. The molecule has 1 saturated heterocycles. The molecule has 1 atom stereocenters. The van der Waals surface area contributed by atoms with Crippen molar-refractivity contribution in [1.29, 1.82) is 0 Å². The number of carbonyl (C=O) groups is 1. The molecule has 2 heterocycles. The van der Waals surface area contributed by atoms with Gasteiger partial charge in [0.1, 0.15) is 6.10 Å². The molecule has 0 radical (unpaired) electrons. The van der Waals surface area contributed by atoms with E-state index in [9.17, 15) is 4.79 Å². The number of nitrogens with zero attached hydrogens (tertiary/aromatic N) is 1. The second-order valence-electron chi connectivity index (χ2n) is 8.05. The highest BCUT2D eigenvalue weighted by atomic mass is 16.5. The van der Waals surface area contributed by atoms with Crippen LogP contribution in [0.5, 0.6) is 17.2 Å². The maximum Gasteiger partial charge on any atom is 0.338 e. The fourth-order valence-electron chi connectivity index (χ4n) is 4.44. The number of aromatic nitrogens is 1. The van der Waals surface area contributed by atoms with Crippen LogP contribution in [0.15, 0.2) is 36.4 Å². The number of aryl methyl sites for hydroxylation is 1. The quantitative estimate of drug-likeness (QED) is 0.537. The number of carbonyl (C=O) groups excluding carboxylic acids is 1. The Morgan fingerprint density at radius 3 is 2.50 bits per heavy atom. The van der Waals surface area contributed by atoms with E-state index in [4.69, 9.17) is 18.9 Å². The van der Waals surface area contributed by atoms with Gasteiger partial charge in [0.05, 0.1) is 26.9 Å². The highest BCUT2D eigenvalue weighted by Gasteiger charge is 2.27. The molecule has 32 heavy (non-hydrogen) atoms. The van der Waals surface area contributed by atoms with Crippen molar-refractivity contribution in [2.75, 3.05) is 41.0 Å². The Hall–Kier alpha value is -3.19. The van der Waals surface area contributed by atoms with Gasteiger partial charge in [-0.1, -0.05) is 18.2 Å². The Labute approximate surface area is 188 Å². The summed E-state index contributed by atoms with van der Waals surface area (Å²) in [5, 5.41) is 1.29. The number of likely N-dealkylation sites (tertiary alicyclic amines) is 1. The smallest absolute Gasteiger partial charge is 0.338 e. The summed E-state index contributed by atoms with van der Waals surface area (Å²) >= 11 is 0. The third kappa shape index (κ3) is 4.39. The van der Waals surface area contributed by atoms with Gasteiger partial charge in [0, 0.05) is 36.2 Å². The normalized spacial score (nSPS) is 16.3. The van der Waals surface area contributed by atoms with Crippen LogP contribution in [0.2, 0.25) is 0 Å². The van der Waals surface area contributed by atoms with E-state index in [1.54, 1.807) is 12.1 Å². The van der Waals surface area contributed by atoms with Crippen LogP contribution >= 0.6 is 0 Å². The Bertz CT molecular complexity index is 1080. The molecule has 3 aromatic rings. The number of para-hydroxylation sites is 1. The van der Waals surface area contributed by atoms with Crippen molar-refractivity contribution in [3.05, 3.63) is 53.2 Å². The maximum absolute atomic E-state index is 12.8. The number of hydrogen-bond acceptors (Lipinski definition) is 6. The molecule has 1 aromatic heterocycles. The van der Waals surface area contributed by atoms with Gasteiger partial charge in [-0.05, 0) is 43.5 Å². The van der Waals surface area contributed by atoms with Gasteiger partial charge in [-0.25, -0.2) is 4.79 Å². The van der Waals surface area contributed by atoms with E-state index in [-0.39, 0.29) is 12.1 Å². The van der Waals surface area contributed by atoms with Crippen LogP contribution in [-0.4, -0.2) is 62.9 Å². The van der Waals surface area contributed by atoms with Crippen LogP contribution in [-0.2, 0) is 11.2 Å². The average molecular weight is 439 g/mol. The minimum Gasteiger partial charge on any atom is -0.493 e. The minimum atomic E-state index is -0.386. The highest BCUT2D eigenvalue weighted by molar-refractivity contribution is 5.91. The number of rotatable bonds is 8. The summed E-state index contributed by atoms with van der Waals surface area (Å²) in [6.45, 7) is 4.70. The lowest BCUT2D eigenvalue weighted by molar-refractivity contribution is 0.0321. The van der Waals surface area contributed by atoms with Gasteiger partial charge in [-0.3, -0.25) is 4.90 Å². The van der Waals surface area contributed by atoms with Crippen LogP contribution in [0.1, 0.15) is 28.0 Å². The Kier molecular flexibility index (Phi) is 6.55. The van der Waals surface area contributed by atoms with Crippen LogP contribution in [0.25, 0.3) is 10.9 Å². The molecule has 1 aliphatic heterocycles. The summed E-state index contributed by atoms with van der Waals surface area (Å²) in [6.07, 6.45) is 1.65. The van der Waals surface area contributed by atoms with Crippen molar-refractivity contribution in [3.63, 3.8) is 0 Å². The van der Waals surface area contributed by atoms with Gasteiger partial charge in [0.2, 0.25) is 5.75 Å². The van der Waals surface area contributed by atoms with Gasteiger partial charge in [0.15, 0.2) is 11.5 Å². The van der Waals surface area contributed by atoms with Crippen molar-refractivity contribution in [3.8, 4) is 17.2 Å². The summed E-state index contributed by atoms with van der Waals surface area (Å²) in [4.78, 5) is 18.6. The Balaban J connectivity index is 1.37. The minimum absolute atomic E-state index is 0.134. The molecule has 0 saturated carbocycles. The molecule has 4 rings (SSSR count). The molecule has 1 aliphatic rings. The molecule has 1 fully saturated rings. The third-order valence-corrected chi connectivity index (χ3v) is 6.11. The van der Waals surface area contributed by atoms with Crippen molar-refractivity contribution >= 4 is 16.9 Å². The molecule has 1 unspecified atom stereocenters. The summed E-state index contributed by atoms with van der Waals surface area (Å²) in [5.74, 6) is 0.927. The summed E-state index contributed by atoms with van der Waals surface area (Å²) in [5.41, 5.74) is 4.14. The van der Waals surface area contributed by atoms with E-state index in [2.05, 4.69) is 41.1 Å². The number of methoxy groups -OCH3 is 3. The zero-order chi connectivity index (χ0) is 22.7. The first-order valence-corrected chi connectivity index (χ1v) is 10.8. The average Bonchev–Trinajstić information content (AvgIpc) is 3.39. The predicted octanol–water partition coefficient (Wildman–Crippen LogP) is 3.98. The number of fused-ring (bicyclic) bond motifs is 1. The van der Waals surface area contributed by atoms with Crippen molar-refractivity contribution in [1.82, 2.24) is 9.88 Å². The third-order valence-electron chi connectivity index (χ3n) is 6.11. The molecular weight excluding hydrogens is 408 g/mol. The Morgan fingerprint density at radius 1 is 1.09 bits per heavy atom. The molecule has 7 heteroatoms. The molecule has 2 aromatic carbocycles. The van der Waals surface area contributed by atoms with E-state index >= 15 is 0 Å². The standard InChI is InChI=1S/C25H30N2O5/c1-16-19(20-7-5-6-8-21(20)26-16)10-12-27-11-9-18(15-27)32-25(28)17-13-22(29-2)24(31-4)23(14-17)30-3/h5-8,13-14,18,26H,9-12,15H2,1-4H3. The monoisotopic (exact) mass is 438 g/mol. The zero-order valence-electron chi connectivity index (χ0n) is 19.1. The second kappa shape index (κ2) is 9.53. The molecule has 7 nitrogen and oxygen atoms in total. The molecule has 0 bridgehead atoms. The summed E-state index contributed by atoms with van der Waals surface area (Å²) < 4.78 is 21.8. The predicted molar refractivity (Wildman–Crippen MR) is 123 cm³/mol. The van der Waals surface area contributed by atoms with Crippen LogP contribution in [0, 0.1) is 6.92 Å². The number of esters is 1. The first-order valence-electron chi connectivity index (χ1n) is 10.8. The van der Waals surface area contributed by atoms with E-state index in [0.29, 0.717) is 22.8 Å². The summed E-state index contributed by atoms with van der Waals surface area (Å²) in [7, 11) is 4.58. The molecule has 0 aliphatic carbocycles. The number of H-pyrrole nitrogens is 1. The van der Waals surface area contributed by atoms with Crippen molar-refractivity contribution in [2.24, 2.45) is 0 Å². The number of hydrogen-bond donors (Lipinski definition) is 1. The lowest BCUT2D eigenvalue weighted by Crippen LogP contribution is -2.27. The second-order valence-corrected chi connectivity index (χ2v) is 8.05. The maximum atomic E-state index is 12.8. The van der Waals surface area contributed by atoms with E-state index in [1.165, 1.54) is 43.5 Å². The van der Waals surface area contributed by atoms with Gasteiger partial charge >= 0.3 is 5.97 Å². The molecule has 170 valence electrons. The van der Waals surface area contributed by atoms with E-state index in [1.807, 2.05) is 0 Å². The van der Waals surface area contributed by atoms with E-state index in [0.717, 1.165) is 32.5 Å². The van der Waals surface area contributed by atoms with Crippen LogP contribution in [0.4, 0.5) is 0 Å². The van der Waals surface area contributed by atoms with Gasteiger partial charge in [-0.2, -0.15) is 0 Å². The van der Waals surface area contributed by atoms with Crippen LogP contribution < -0.4 is 14.2 Å². The first-order chi connectivity index (χ1) is 15.5. The fourth-order valence-corrected chi connectivity index (χ4v) is 4.44. The zero-order valence-corrected chi connectivity index (χ0v) is 19.1. The Morgan fingerprint density at radius 2 is 1.81 bits per heavy atom. The highest BCUT2D eigenvalue weighted by Crippen LogP contribution is 2.38. The number of benzene rings is 2. The van der Waals surface area contributed by atoms with Gasteiger partial charge < -0.3 is 23.9 Å². The number of nitrogens with one attached hydrogen (secondary N) is 1. The van der Waals surface area contributed by atoms with E-state index < -0.39 is 0 Å². The SMILES string of the molecule is COc1cc(C(=O)OC2CCN(CCc3c(C)[nH]c4ccccc34)C2)cc(OC)c1OC. The van der Waals surface area contributed by atoms with Gasteiger partial charge in [0.25, 0.3) is 0 Å². The fraction of sp³-hybridized carbons (Fsp3) is 0.400. The molecule has 0 spiro atoms. The molecule has 1 N–H and O–H groups in total. The topological polar surface area (TPSA) is 73.0 Å². The number of ether oxygens (including phenoxy) is 4. The summed E-state index contributed by atoms with van der Waals surface area (Å²) in [6, 6.07) is 11.6. The first kappa shape index (κ1) is 22.0. The lowest BCUT2D eigenvalue weighted by Gasteiger charge is -2.17.